The maximum Gasteiger partial charge on any atom is 0.328 e. The third-order valence-electron chi connectivity index (χ3n) is 4.81. The van der Waals surface area contributed by atoms with Gasteiger partial charge in [-0.1, -0.05) is 32.0 Å². The van der Waals surface area contributed by atoms with Crippen molar-refractivity contribution in [1.29, 1.82) is 0 Å². The van der Waals surface area contributed by atoms with Crippen LogP contribution in [0.1, 0.15) is 38.2 Å². The zero-order valence-corrected chi connectivity index (χ0v) is 15.4. The van der Waals surface area contributed by atoms with Gasteiger partial charge in [0.25, 0.3) is 0 Å². The molecule has 1 aromatic rings. The van der Waals surface area contributed by atoms with Gasteiger partial charge in [0.05, 0.1) is 12.5 Å². The van der Waals surface area contributed by atoms with E-state index in [9.17, 15) is 14.4 Å². The number of anilines is 1. The Morgan fingerprint density at radius 3 is 2.69 bits per heavy atom. The fourth-order valence-corrected chi connectivity index (χ4v) is 3.12. The highest BCUT2D eigenvalue weighted by molar-refractivity contribution is 6.01. The van der Waals surface area contributed by atoms with E-state index in [1.54, 1.807) is 4.90 Å². The van der Waals surface area contributed by atoms with Crippen LogP contribution in [0.4, 0.5) is 5.69 Å². The quantitative estimate of drug-likeness (QED) is 0.735. The Balaban J connectivity index is 2.14. The van der Waals surface area contributed by atoms with Crippen LogP contribution in [0, 0.1) is 5.92 Å². The molecular weight excluding hydrogens is 336 g/mol. The lowest BCUT2D eigenvalue weighted by Crippen LogP contribution is -2.46. The molecule has 1 aliphatic rings. The number of hydrogen-bond acceptors (Lipinski definition) is 4. The van der Waals surface area contributed by atoms with Crippen LogP contribution >= 0.6 is 0 Å². The molecule has 0 saturated carbocycles. The lowest BCUT2D eigenvalue weighted by Gasteiger charge is -2.23. The predicted octanol–water partition coefficient (Wildman–Crippen LogP) is 1.77. The summed E-state index contributed by atoms with van der Waals surface area (Å²) in [5.41, 5.74) is 1.90. The second-order valence-corrected chi connectivity index (χ2v) is 6.63. The highest BCUT2D eigenvalue weighted by atomic mass is 16.5. The standard InChI is InChI=1S/C19H26N2O5/c1-4-12(2)14-7-5-6-8-16(14)21-10-13(9-17(21)22)18(23)20-15(11-26-3)19(24)25/h5-8,12-13,15H,4,9-11H2,1-3H3,(H,20,23)(H,24,25). The van der Waals surface area contributed by atoms with Gasteiger partial charge in [-0.05, 0) is 24.0 Å². The summed E-state index contributed by atoms with van der Waals surface area (Å²) >= 11 is 0. The normalized spacial score (nSPS) is 19.3. The van der Waals surface area contributed by atoms with E-state index in [-0.39, 0.29) is 25.5 Å². The summed E-state index contributed by atoms with van der Waals surface area (Å²) in [7, 11) is 1.37. The first-order chi connectivity index (χ1) is 12.4. The lowest BCUT2D eigenvalue weighted by atomic mass is 9.96. The minimum Gasteiger partial charge on any atom is -0.480 e. The molecule has 1 fully saturated rings. The topological polar surface area (TPSA) is 95.9 Å². The molecule has 0 aromatic heterocycles. The molecule has 3 unspecified atom stereocenters. The van der Waals surface area contributed by atoms with E-state index in [0.29, 0.717) is 5.92 Å². The fourth-order valence-electron chi connectivity index (χ4n) is 3.12. The first-order valence-corrected chi connectivity index (χ1v) is 8.80. The molecule has 26 heavy (non-hydrogen) atoms. The van der Waals surface area contributed by atoms with Crippen LogP contribution in [0.15, 0.2) is 24.3 Å². The highest BCUT2D eigenvalue weighted by Crippen LogP contribution is 2.33. The molecule has 7 heteroatoms. The highest BCUT2D eigenvalue weighted by Gasteiger charge is 2.37. The van der Waals surface area contributed by atoms with Crippen molar-refractivity contribution in [3.8, 4) is 0 Å². The van der Waals surface area contributed by atoms with Gasteiger partial charge in [-0.3, -0.25) is 9.59 Å². The summed E-state index contributed by atoms with van der Waals surface area (Å²) in [6.07, 6.45) is 1.01. The first-order valence-electron chi connectivity index (χ1n) is 8.80. The third kappa shape index (κ3) is 4.40. The summed E-state index contributed by atoms with van der Waals surface area (Å²) < 4.78 is 4.82. The number of para-hydroxylation sites is 1. The SMILES string of the molecule is CCC(C)c1ccccc1N1CC(C(=O)NC(COC)C(=O)O)CC1=O. The van der Waals surface area contributed by atoms with Crippen LogP contribution in [0.25, 0.3) is 0 Å². The van der Waals surface area contributed by atoms with Gasteiger partial charge in [-0.15, -0.1) is 0 Å². The number of nitrogens with zero attached hydrogens (tertiary/aromatic N) is 1. The summed E-state index contributed by atoms with van der Waals surface area (Å²) in [6.45, 7) is 4.32. The Morgan fingerprint density at radius 2 is 2.08 bits per heavy atom. The van der Waals surface area contributed by atoms with Crippen molar-refractivity contribution < 1.29 is 24.2 Å². The van der Waals surface area contributed by atoms with E-state index in [4.69, 9.17) is 9.84 Å². The van der Waals surface area contributed by atoms with E-state index >= 15 is 0 Å². The van der Waals surface area contributed by atoms with Crippen molar-refractivity contribution in [2.45, 2.75) is 38.6 Å². The molecular formula is C19H26N2O5. The number of carboxylic acid groups (broad SMARTS) is 1. The first kappa shape index (κ1) is 19.9. The van der Waals surface area contributed by atoms with Crippen LogP contribution in [0.3, 0.4) is 0 Å². The molecule has 3 atom stereocenters. The van der Waals surface area contributed by atoms with Gasteiger partial charge in [0.2, 0.25) is 11.8 Å². The number of hydrogen-bond donors (Lipinski definition) is 2. The number of ether oxygens (including phenoxy) is 1. The van der Waals surface area contributed by atoms with E-state index in [0.717, 1.165) is 17.7 Å². The average molecular weight is 362 g/mol. The third-order valence-corrected chi connectivity index (χ3v) is 4.81. The number of carbonyl (C=O) groups excluding carboxylic acids is 2. The van der Waals surface area contributed by atoms with Crippen LogP contribution in [-0.2, 0) is 19.1 Å². The van der Waals surface area contributed by atoms with E-state index in [1.165, 1.54) is 7.11 Å². The van der Waals surface area contributed by atoms with Crippen molar-refractivity contribution in [2.75, 3.05) is 25.2 Å². The van der Waals surface area contributed by atoms with Crippen LogP contribution < -0.4 is 10.2 Å². The van der Waals surface area contributed by atoms with Gasteiger partial charge >= 0.3 is 5.97 Å². The van der Waals surface area contributed by atoms with Gasteiger partial charge in [0.1, 0.15) is 0 Å². The van der Waals surface area contributed by atoms with Crippen molar-refractivity contribution in [1.82, 2.24) is 5.32 Å². The second-order valence-electron chi connectivity index (χ2n) is 6.63. The Kier molecular flexibility index (Phi) is 6.74. The Bertz CT molecular complexity index is 676. The number of benzene rings is 1. The molecule has 142 valence electrons. The Morgan fingerprint density at radius 1 is 1.38 bits per heavy atom. The molecule has 7 nitrogen and oxygen atoms in total. The number of aliphatic carboxylic acids is 1. The van der Waals surface area contributed by atoms with Crippen LogP contribution in [0.2, 0.25) is 0 Å². The summed E-state index contributed by atoms with van der Waals surface area (Å²) in [4.78, 5) is 37.7. The summed E-state index contributed by atoms with van der Waals surface area (Å²) in [5.74, 6) is -2.01. The van der Waals surface area contributed by atoms with Gasteiger partial charge in [0.15, 0.2) is 6.04 Å². The number of nitrogens with one attached hydrogen (secondary N) is 1. The maximum absolute atomic E-state index is 12.5. The second kappa shape index (κ2) is 8.80. The molecule has 1 aliphatic heterocycles. The Labute approximate surface area is 153 Å². The monoisotopic (exact) mass is 362 g/mol. The molecule has 0 spiro atoms. The van der Waals surface area contributed by atoms with E-state index in [1.807, 2.05) is 24.3 Å². The fraction of sp³-hybridized carbons (Fsp3) is 0.526. The summed E-state index contributed by atoms with van der Waals surface area (Å²) in [6, 6.07) is 6.59. The zero-order chi connectivity index (χ0) is 19.3. The molecule has 0 radical (unpaired) electrons. The number of carboxylic acids is 1. The molecule has 1 aromatic carbocycles. The molecule has 0 bridgehead atoms. The molecule has 2 N–H and O–H groups in total. The maximum atomic E-state index is 12.5. The Hall–Kier alpha value is -2.41. The minimum absolute atomic E-state index is 0.0694. The summed E-state index contributed by atoms with van der Waals surface area (Å²) in [5, 5.41) is 11.6. The van der Waals surface area contributed by atoms with Crippen LogP contribution in [-0.4, -0.2) is 49.2 Å². The van der Waals surface area contributed by atoms with Crippen molar-refractivity contribution in [3.05, 3.63) is 29.8 Å². The largest absolute Gasteiger partial charge is 0.480 e. The van der Waals surface area contributed by atoms with Gasteiger partial charge in [-0.25, -0.2) is 4.79 Å². The lowest BCUT2D eigenvalue weighted by molar-refractivity contribution is -0.143. The number of carbonyl (C=O) groups is 3. The molecule has 2 rings (SSSR count). The molecule has 1 saturated heterocycles. The number of rotatable bonds is 8. The number of amides is 2. The van der Waals surface area contributed by atoms with Gasteiger partial charge < -0.3 is 20.1 Å². The van der Waals surface area contributed by atoms with Crippen LogP contribution in [0.5, 0.6) is 0 Å². The molecule has 1 heterocycles. The minimum atomic E-state index is -1.16. The zero-order valence-electron chi connectivity index (χ0n) is 15.4. The average Bonchev–Trinajstić information content (AvgIpc) is 3.02. The van der Waals surface area contributed by atoms with E-state index < -0.39 is 23.8 Å². The predicted molar refractivity (Wildman–Crippen MR) is 97.1 cm³/mol. The van der Waals surface area contributed by atoms with Crippen molar-refractivity contribution in [2.24, 2.45) is 5.92 Å². The van der Waals surface area contributed by atoms with E-state index in [2.05, 4.69) is 19.2 Å². The van der Waals surface area contributed by atoms with Crippen molar-refractivity contribution in [3.63, 3.8) is 0 Å². The molecule has 0 aliphatic carbocycles. The smallest absolute Gasteiger partial charge is 0.328 e. The number of methoxy groups -OCH3 is 1. The van der Waals surface area contributed by atoms with Crippen molar-refractivity contribution >= 4 is 23.5 Å². The van der Waals surface area contributed by atoms with Gasteiger partial charge in [-0.2, -0.15) is 0 Å². The molecule has 2 amide bonds. The van der Waals surface area contributed by atoms with Gasteiger partial charge in [0, 0.05) is 25.8 Å².